The summed E-state index contributed by atoms with van der Waals surface area (Å²) in [6, 6.07) is 7.29. The number of aldehydes is 1. The van der Waals surface area contributed by atoms with Crippen LogP contribution >= 0.6 is 11.6 Å². The molecule has 3 heteroatoms. The molecule has 0 aromatic heterocycles. The van der Waals surface area contributed by atoms with Crippen molar-refractivity contribution < 1.29 is 4.79 Å². The van der Waals surface area contributed by atoms with Crippen molar-refractivity contribution in [1.29, 1.82) is 5.26 Å². The van der Waals surface area contributed by atoms with Gasteiger partial charge in [0.1, 0.15) is 0 Å². The van der Waals surface area contributed by atoms with E-state index < -0.39 is 0 Å². The summed E-state index contributed by atoms with van der Waals surface area (Å²) < 4.78 is 0. The second kappa shape index (κ2) is 4.64. The third kappa shape index (κ3) is 2.30. The first-order valence-electron chi connectivity index (χ1n) is 3.89. The Bertz CT molecular complexity index is 354. The summed E-state index contributed by atoms with van der Waals surface area (Å²) in [5.74, 6) is 0. The fourth-order valence-electron chi connectivity index (χ4n) is 1.12. The van der Waals surface area contributed by atoms with Gasteiger partial charge in [0.25, 0.3) is 0 Å². The number of nitrogens with zero attached hydrogens (tertiary/aromatic N) is 1. The number of hydrogen-bond donors (Lipinski definition) is 0. The molecule has 0 fully saturated rings. The Morgan fingerprint density at radius 1 is 1.54 bits per heavy atom. The number of nitriles is 1. The Hall–Kier alpha value is -1.33. The van der Waals surface area contributed by atoms with Crippen LogP contribution in [-0.4, -0.2) is 6.29 Å². The summed E-state index contributed by atoms with van der Waals surface area (Å²) in [6.07, 6.45) is 1.71. The van der Waals surface area contributed by atoms with Crippen molar-refractivity contribution in [2.75, 3.05) is 0 Å². The van der Waals surface area contributed by atoms with Gasteiger partial charge in [-0.1, -0.05) is 23.7 Å². The van der Waals surface area contributed by atoms with Crippen LogP contribution in [0.15, 0.2) is 18.2 Å². The van der Waals surface area contributed by atoms with Gasteiger partial charge in [0.2, 0.25) is 0 Å². The van der Waals surface area contributed by atoms with E-state index in [2.05, 4.69) is 0 Å². The highest BCUT2D eigenvalue weighted by atomic mass is 35.5. The maximum Gasteiger partial charge on any atom is 0.151 e. The lowest BCUT2D eigenvalue weighted by Gasteiger charge is -2.02. The highest BCUT2D eigenvalue weighted by Crippen LogP contribution is 2.18. The molecule has 0 saturated heterocycles. The summed E-state index contributed by atoms with van der Waals surface area (Å²) in [5, 5.41) is 8.84. The van der Waals surface area contributed by atoms with Crippen LogP contribution in [0, 0.1) is 11.3 Å². The molecule has 0 atom stereocenters. The molecule has 66 valence electrons. The zero-order chi connectivity index (χ0) is 9.68. The average Bonchev–Trinajstić information content (AvgIpc) is 2.15. The van der Waals surface area contributed by atoms with Crippen molar-refractivity contribution in [1.82, 2.24) is 0 Å². The standard InChI is InChI=1S/C10H8ClNO/c11-10-5-1-3-8(4-2-6-12)9(10)7-13/h1,3,5,7H,2,4H2. The Morgan fingerprint density at radius 2 is 2.31 bits per heavy atom. The Morgan fingerprint density at radius 3 is 2.92 bits per heavy atom. The predicted molar refractivity (Wildman–Crippen MR) is 50.8 cm³/mol. The second-order valence-corrected chi connectivity index (χ2v) is 3.00. The van der Waals surface area contributed by atoms with Gasteiger partial charge in [0, 0.05) is 12.0 Å². The van der Waals surface area contributed by atoms with Gasteiger partial charge in [-0.3, -0.25) is 4.79 Å². The molecule has 0 N–H and O–H groups in total. The van der Waals surface area contributed by atoms with Crippen molar-refractivity contribution in [2.24, 2.45) is 0 Å². The largest absolute Gasteiger partial charge is 0.298 e. The molecule has 1 aromatic rings. The number of hydrogen-bond acceptors (Lipinski definition) is 2. The Balaban J connectivity index is 2.99. The molecule has 0 spiro atoms. The number of carbonyl (C=O) groups excluding carboxylic acids is 1. The normalized spacial score (nSPS) is 9.23. The molecule has 0 saturated carbocycles. The van der Waals surface area contributed by atoms with Crippen molar-refractivity contribution in [3.8, 4) is 6.07 Å². The molecule has 0 unspecified atom stereocenters. The summed E-state index contributed by atoms with van der Waals surface area (Å²) in [5.41, 5.74) is 1.34. The van der Waals surface area contributed by atoms with E-state index >= 15 is 0 Å². The van der Waals surface area contributed by atoms with Crippen LogP contribution in [0.5, 0.6) is 0 Å². The van der Waals surface area contributed by atoms with Crippen LogP contribution < -0.4 is 0 Å². The molecule has 0 aliphatic rings. The van der Waals surface area contributed by atoms with Crippen LogP contribution in [0.2, 0.25) is 5.02 Å². The minimum Gasteiger partial charge on any atom is -0.298 e. The van der Waals surface area contributed by atoms with Crippen molar-refractivity contribution in [3.05, 3.63) is 34.3 Å². The van der Waals surface area contributed by atoms with E-state index in [-0.39, 0.29) is 0 Å². The number of carbonyl (C=O) groups is 1. The quantitative estimate of drug-likeness (QED) is 0.693. The molecule has 1 rings (SSSR count). The first kappa shape index (κ1) is 9.76. The monoisotopic (exact) mass is 193 g/mol. The van der Waals surface area contributed by atoms with Crippen LogP contribution in [0.1, 0.15) is 22.3 Å². The molecule has 1 aromatic carbocycles. The summed E-state index contributed by atoms with van der Waals surface area (Å²) >= 11 is 5.79. The zero-order valence-corrected chi connectivity index (χ0v) is 7.71. The van der Waals surface area contributed by atoms with E-state index in [9.17, 15) is 4.79 Å². The number of rotatable bonds is 3. The van der Waals surface area contributed by atoms with E-state index in [0.717, 1.165) is 11.8 Å². The molecular weight excluding hydrogens is 186 g/mol. The average molecular weight is 194 g/mol. The molecule has 0 aliphatic carbocycles. The van der Waals surface area contributed by atoms with Gasteiger partial charge in [-0.25, -0.2) is 0 Å². The minimum atomic E-state index is 0.404. The Labute approximate surface area is 81.7 Å². The van der Waals surface area contributed by atoms with Gasteiger partial charge in [0.05, 0.1) is 11.1 Å². The third-order valence-electron chi connectivity index (χ3n) is 1.77. The Kier molecular flexibility index (Phi) is 3.48. The summed E-state index contributed by atoms with van der Waals surface area (Å²) in [6.45, 7) is 0. The first-order chi connectivity index (χ1) is 6.29. The van der Waals surface area contributed by atoms with Crippen molar-refractivity contribution in [3.63, 3.8) is 0 Å². The number of benzene rings is 1. The van der Waals surface area contributed by atoms with E-state index in [4.69, 9.17) is 16.9 Å². The SMILES string of the molecule is N#CCCc1cccc(Cl)c1C=O. The van der Waals surface area contributed by atoms with E-state index in [1.165, 1.54) is 0 Å². The molecule has 13 heavy (non-hydrogen) atoms. The van der Waals surface area contributed by atoms with Gasteiger partial charge < -0.3 is 0 Å². The highest BCUT2D eigenvalue weighted by molar-refractivity contribution is 6.33. The summed E-state index contributed by atoms with van der Waals surface area (Å²) in [7, 11) is 0. The van der Waals surface area contributed by atoms with Gasteiger partial charge >= 0.3 is 0 Å². The lowest BCUT2D eigenvalue weighted by atomic mass is 10.0. The number of halogens is 1. The van der Waals surface area contributed by atoms with Gasteiger partial charge in [-0.2, -0.15) is 5.26 Å². The molecular formula is C10H8ClNO. The maximum absolute atomic E-state index is 10.6. The maximum atomic E-state index is 10.6. The minimum absolute atomic E-state index is 0.404. The third-order valence-corrected chi connectivity index (χ3v) is 2.10. The zero-order valence-electron chi connectivity index (χ0n) is 6.96. The molecule has 0 bridgehead atoms. The van der Waals surface area contributed by atoms with E-state index in [0.29, 0.717) is 23.4 Å². The van der Waals surface area contributed by atoms with Crippen LogP contribution in [0.3, 0.4) is 0 Å². The lowest BCUT2D eigenvalue weighted by molar-refractivity contribution is 0.112. The topological polar surface area (TPSA) is 40.9 Å². The molecule has 0 aliphatic heterocycles. The van der Waals surface area contributed by atoms with Gasteiger partial charge in [0.15, 0.2) is 6.29 Å². The van der Waals surface area contributed by atoms with Crippen molar-refractivity contribution >= 4 is 17.9 Å². The highest BCUT2D eigenvalue weighted by Gasteiger charge is 2.04. The molecule has 0 heterocycles. The fraction of sp³-hybridized carbons (Fsp3) is 0.200. The molecule has 0 amide bonds. The van der Waals surface area contributed by atoms with Gasteiger partial charge in [-0.05, 0) is 18.1 Å². The van der Waals surface area contributed by atoms with E-state index in [1.54, 1.807) is 12.1 Å². The van der Waals surface area contributed by atoms with Gasteiger partial charge in [-0.15, -0.1) is 0 Å². The first-order valence-corrected chi connectivity index (χ1v) is 4.27. The summed E-state index contributed by atoms with van der Waals surface area (Å²) in [4.78, 5) is 10.6. The van der Waals surface area contributed by atoms with Crippen LogP contribution in [0.4, 0.5) is 0 Å². The fourth-order valence-corrected chi connectivity index (χ4v) is 1.36. The smallest absolute Gasteiger partial charge is 0.151 e. The lowest BCUT2D eigenvalue weighted by Crippen LogP contribution is -1.93. The number of aryl methyl sites for hydroxylation is 1. The molecule has 2 nitrogen and oxygen atoms in total. The van der Waals surface area contributed by atoms with Crippen LogP contribution in [0.25, 0.3) is 0 Å². The van der Waals surface area contributed by atoms with Crippen molar-refractivity contribution in [2.45, 2.75) is 12.8 Å². The van der Waals surface area contributed by atoms with E-state index in [1.807, 2.05) is 12.1 Å². The second-order valence-electron chi connectivity index (χ2n) is 2.59. The molecule has 0 radical (unpaired) electrons. The van der Waals surface area contributed by atoms with Crippen LogP contribution in [-0.2, 0) is 6.42 Å². The predicted octanol–water partition coefficient (Wildman–Crippen LogP) is 2.61.